The zero-order valence-corrected chi connectivity index (χ0v) is 9.83. The minimum atomic E-state index is -1.51. The van der Waals surface area contributed by atoms with E-state index in [-0.39, 0.29) is 23.0 Å². The van der Waals surface area contributed by atoms with Crippen molar-refractivity contribution in [3.05, 3.63) is 41.5 Å². The minimum absolute atomic E-state index is 0.116. The number of nitrogens with zero attached hydrogens (tertiary/aromatic N) is 2. The Morgan fingerprint density at radius 1 is 1.05 bits per heavy atom. The zero-order valence-electron chi connectivity index (χ0n) is 9.83. The van der Waals surface area contributed by atoms with Crippen molar-refractivity contribution >= 4 is 5.82 Å². The lowest BCUT2D eigenvalue weighted by molar-refractivity contribution is 0.449. The largest absolute Gasteiger partial charge is 0.384 e. The van der Waals surface area contributed by atoms with Crippen molar-refractivity contribution < 1.29 is 13.2 Å². The maximum absolute atomic E-state index is 13.7. The van der Waals surface area contributed by atoms with Gasteiger partial charge in [0.15, 0.2) is 17.5 Å². The first-order chi connectivity index (χ1) is 9.06. The second kappa shape index (κ2) is 4.22. The first-order valence-corrected chi connectivity index (χ1v) is 5.84. The van der Waals surface area contributed by atoms with E-state index in [0.29, 0.717) is 5.82 Å². The van der Waals surface area contributed by atoms with Crippen molar-refractivity contribution in [3.8, 4) is 11.3 Å². The summed E-state index contributed by atoms with van der Waals surface area (Å²) in [7, 11) is 0. The second-order valence-corrected chi connectivity index (χ2v) is 4.53. The van der Waals surface area contributed by atoms with Crippen LogP contribution in [0, 0.1) is 17.5 Å². The Balaban J connectivity index is 2.13. The molecule has 0 radical (unpaired) electrons. The molecule has 6 heteroatoms. The van der Waals surface area contributed by atoms with Gasteiger partial charge < -0.3 is 5.73 Å². The van der Waals surface area contributed by atoms with Gasteiger partial charge in [-0.1, -0.05) is 0 Å². The summed E-state index contributed by atoms with van der Waals surface area (Å²) in [5.41, 5.74) is 5.70. The molecule has 0 saturated heterocycles. The molecule has 3 nitrogen and oxygen atoms in total. The summed E-state index contributed by atoms with van der Waals surface area (Å²) in [6, 6.07) is 3.36. The highest BCUT2D eigenvalue weighted by Crippen LogP contribution is 2.39. The summed E-state index contributed by atoms with van der Waals surface area (Å²) in [5, 5.41) is 0. The topological polar surface area (TPSA) is 51.8 Å². The van der Waals surface area contributed by atoms with Gasteiger partial charge >= 0.3 is 0 Å². The number of rotatable bonds is 2. The molecule has 1 aliphatic carbocycles. The minimum Gasteiger partial charge on any atom is -0.384 e. The van der Waals surface area contributed by atoms with Gasteiger partial charge in [-0.2, -0.15) is 0 Å². The van der Waals surface area contributed by atoms with E-state index < -0.39 is 17.5 Å². The Kier molecular flexibility index (Phi) is 2.66. The number of hydrogen-bond donors (Lipinski definition) is 1. The maximum Gasteiger partial charge on any atom is 0.195 e. The highest BCUT2D eigenvalue weighted by Gasteiger charge is 2.27. The van der Waals surface area contributed by atoms with E-state index in [1.807, 2.05) is 0 Å². The van der Waals surface area contributed by atoms with Gasteiger partial charge in [-0.15, -0.1) is 0 Å². The lowest BCUT2D eigenvalue weighted by atomic mass is 10.1. The van der Waals surface area contributed by atoms with Crippen molar-refractivity contribution in [1.29, 1.82) is 0 Å². The number of nitrogen functional groups attached to an aromatic ring is 1. The zero-order chi connectivity index (χ0) is 13.6. The molecule has 0 spiro atoms. The summed E-state index contributed by atoms with van der Waals surface area (Å²) in [5.74, 6) is -3.06. The second-order valence-electron chi connectivity index (χ2n) is 4.53. The van der Waals surface area contributed by atoms with E-state index in [9.17, 15) is 13.2 Å². The van der Waals surface area contributed by atoms with Gasteiger partial charge in [-0.3, -0.25) is 0 Å². The molecule has 98 valence electrons. The molecule has 1 saturated carbocycles. The Hall–Kier alpha value is -2.11. The fourth-order valence-electron chi connectivity index (χ4n) is 1.87. The monoisotopic (exact) mass is 265 g/mol. The van der Waals surface area contributed by atoms with Gasteiger partial charge in [0.25, 0.3) is 0 Å². The smallest absolute Gasteiger partial charge is 0.195 e. The van der Waals surface area contributed by atoms with Gasteiger partial charge in [-0.05, 0) is 25.0 Å². The van der Waals surface area contributed by atoms with Crippen LogP contribution in [0.25, 0.3) is 11.3 Å². The van der Waals surface area contributed by atoms with E-state index in [2.05, 4.69) is 9.97 Å². The van der Waals surface area contributed by atoms with Crippen molar-refractivity contribution in [1.82, 2.24) is 9.97 Å². The Labute approximate surface area is 107 Å². The molecule has 2 N–H and O–H groups in total. The third-order valence-corrected chi connectivity index (χ3v) is 3.02. The molecule has 0 amide bonds. The molecule has 1 aromatic heterocycles. The maximum atomic E-state index is 13.7. The van der Waals surface area contributed by atoms with Crippen LogP contribution in [0.4, 0.5) is 19.0 Å². The van der Waals surface area contributed by atoms with Crippen LogP contribution in [0.3, 0.4) is 0 Å². The van der Waals surface area contributed by atoms with Crippen molar-refractivity contribution in [2.24, 2.45) is 0 Å². The Morgan fingerprint density at radius 3 is 2.47 bits per heavy atom. The average Bonchev–Trinajstić information content (AvgIpc) is 3.19. The van der Waals surface area contributed by atoms with Crippen LogP contribution in [0.5, 0.6) is 0 Å². The Bertz CT molecular complexity index is 654. The molecular formula is C13H10F3N3. The van der Waals surface area contributed by atoms with Gasteiger partial charge in [0.2, 0.25) is 0 Å². The third kappa shape index (κ3) is 2.14. The SMILES string of the molecule is Nc1cc(-c2ccc(F)c(F)c2F)nc(C2CC2)n1. The lowest BCUT2D eigenvalue weighted by Gasteiger charge is -2.07. The van der Waals surface area contributed by atoms with Crippen LogP contribution in [-0.2, 0) is 0 Å². The van der Waals surface area contributed by atoms with Crippen LogP contribution in [0.15, 0.2) is 18.2 Å². The van der Waals surface area contributed by atoms with Gasteiger partial charge in [0, 0.05) is 17.5 Å². The number of halogens is 3. The van der Waals surface area contributed by atoms with E-state index in [0.717, 1.165) is 25.0 Å². The molecule has 0 atom stereocenters. The standard InChI is InChI=1S/C13H10F3N3/c14-8-4-3-7(11(15)12(8)16)9-5-10(17)19-13(18-9)6-1-2-6/h3-6H,1-2H2,(H2,17,18,19). The van der Waals surface area contributed by atoms with Crippen LogP contribution in [-0.4, -0.2) is 9.97 Å². The molecule has 3 rings (SSSR count). The quantitative estimate of drug-likeness (QED) is 0.849. The molecule has 2 aromatic rings. The molecule has 0 bridgehead atoms. The normalized spacial score (nSPS) is 14.7. The van der Waals surface area contributed by atoms with Crippen LogP contribution in [0.2, 0.25) is 0 Å². The number of nitrogens with two attached hydrogens (primary N) is 1. The van der Waals surface area contributed by atoms with Crippen LogP contribution < -0.4 is 5.73 Å². The van der Waals surface area contributed by atoms with Gasteiger partial charge in [0.1, 0.15) is 11.6 Å². The molecular weight excluding hydrogens is 255 g/mol. The van der Waals surface area contributed by atoms with Crippen molar-refractivity contribution in [2.45, 2.75) is 18.8 Å². The van der Waals surface area contributed by atoms with Gasteiger partial charge in [0.05, 0.1) is 5.69 Å². The van der Waals surface area contributed by atoms with Crippen molar-refractivity contribution in [2.75, 3.05) is 5.73 Å². The predicted octanol–water partition coefficient (Wildman–Crippen LogP) is 3.02. The summed E-state index contributed by atoms with van der Waals surface area (Å²) in [6.45, 7) is 0. The number of anilines is 1. The fraction of sp³-hybridized carbons (Fsp3) is 0.231. The summed E-state index contributed by atoms with van der Waals surface area (Å²) >= 11 is 0. The first kappa shape index (κ1) is 12.0. The number of aromatic nitrogens is 2. The third-order valence-electron chi connectivity index (χ3n) is 3.02. The molecule has 1 fully saturated rings. The lowest BCUT2D eigenvalue weighted by Crippen LogP contribution is -2.02. The predicted molar refractivity (Wildman–Crippen MR) is 63.7 cm³/mol. The summed E-state index contributed by atoms with van der Waals surface area (Å²) < 4.78 is 39.8. The average molecular weight is 265 g/mol. The summed E-state index contributed by atoms with van der Waals surface area (Å²) in [4.78, 5) is 8.24. The van der Waals surface area contributed by atoms with E-state index >= 15 is 0 Å². The molecule has 0 unspecified atom stereocenters. The number of hydrogen-bond acceptors (Lipinski definition) is 3. The van der Waals surface area contributed by atoms with Crippen LogP contribution in [0.1, 0.15) is 24.6 Å². The highest BCUT2D eigenvalue weighted by atomic mass is 19.2. The van der Waals surface area contributed by atoms with Gasteiger partial charge in [-0.25, -0.2) is 23.1 Å². The molecule has 0 aliphatic heterocycles. The molecule has 1 aromatic carbocycles. The Morgan fingerprint density at radius 2 is 1.79 bits per heavy atom. The molecule has 1 heterocycles. The van der Waals surface area contributed by atoms with Crippen molar-refractivity contribution in [3.63, 3.8) is 0 Å². The first-order valence-electron chi connectivity index (χ1n) is 5.84. The molecule has 1 aliphatic rings. The van der Waals surface area contributed by atoms with E-state index in [1.165, 1.54) is 6.07 Å². The van der Waals surface area contributed by atoms with Crippen LogP contribution >= 0.6 is 0 Å². The van der Waals surface area contributed by atoms with E-state index in [4.69, 9.17) is 5.73 Å². The number of benzene rings is 1. The fourth-order valence-corrected chi connectivity index (χ4v) is 1.87. The van der Waals surface area contributed by atoms with E-state index in [1.54, 1.807) is 0 Å². The highest BCUT2D eigenvalue weighted by molar-refractivity contribution is 5.63. The molecule has 19 heavy (non-hydrogen) atoms. The summed E-state index contributed by atoms with van der Waals surface area (Å²) in [6.07, 6.45) is 1.92.